The topological polar surface area (TPSA) is 102 Å². The Hall–Kier alpha value is -2.61. The summed E-state index contributed by atoms with van der Waals surface area (Å²) in [6, 6.07) is 4.36. The Morgan fingerprint density at radius 1 is 1.32 bits per heavy atom. The molecule has 1 fully saturated rings. The number of alkyl carbamates (subject to hydrolysis) is 1. The molecule has 1 aliphatic rings. The van der Waals surface area contributed by atoms with E-state index in [2.05, 4.69) is 4.74 Å². The van der Waals surface area contributed by atoms with E-state index in [4.69, 9.17) is 16.3 Å². The number of anilines is 1. The Kier molecular flexibility index (Phi) is 5.97. The summed E-state index contributed by atoms with van der Waals surface area (Å²) in [5.41, 5.74) is 0.558. The van der Waals surface area contributed by atoms with Crippen molar-refractivity contribution in [2.45, 2.75) is 25.9 Å². The van der Waals surface area contributed by atoms with E-state index < -0.39 is 24.1 Å². The molecule has 8 nitrogen and oxygen atoms in total. The zero-order chi connectivity index (χ0) is 18.6. The Labute approximate surface area is 149 Å². The van der Waals surface area contributed by atoms with Gasteiger partial charge in [-0.05, 0) is 31.5 Å². The Bertz CT molecular complexity index is 721. The lowest BCUT2D eigenvalue weighted by atomic mass is 10.2. The minimum absolute atomic E-state index is 0.0711. The molecule has 1 atom stereocenters. The van der Waals surface area contributed by atoms with Crippen molar-refractivity contribution in [2.24, 2.45) is 0 Å². The van der Waals surface area contributed by atoms with Crippen molar-refractivity contribution < 1.29 is 28.7 Å². The molecule has 0 aliphatic carbocycles. The molecule has 0 bridgehead atoms. The fourth-order valence-electron chi connectivity index (χ4n) is 2.28. The van der Waals surface area contributed by atoms with Crippen LogP contribution in [-0.2, 0) is 19.1 Å². The minimum Gasteiger partial charge on any atom is -0.453 e. The van der Waals surface area contributed by atoms with Gasteiger partial charge < -0.3 is 14.4 Å². The van der Waals surface area contributed by atoms with Crippen LogP contribution in [0.4, 0.5) is 10.5 Å². The first-order valence-corrected chi connectivity index (χ1v) is 7.91. The molecule has 9 heteroatoms. The number of carbonyl (C=O) groups excluding carboxylic acids is 4. The number of carbonyl (C=O) groups is 4. The molecule has 3 amide bonds. The van der Waals surface area contributed by atoms with Gasteiger partial charge in [-0.25, -0.2) is 9.59 Å². The van der Waals surface area contributed by atoms with E-state index >= 15 is 0 Å². The molecule has 1 aromatic rings. The highest BCUT2D eigenvalue weighted by molar-refractivity contribution is 6.34. The van der Waals surface area contributed by atoms with Crippen molar-refractivity contribution in [3.63, 3.8) is 0 Å². The predicted molar refractivity (Wildman–Crippen MR) is 88.5 cm³/mol. The summed E-state index contributed by atoms with van der Waals surface area (Å²) >= 11 is 6.11. The molecular weight excluding hydrogens is 352 g/mol. The van der Waals surface area contributed by atoms with Crippen LogP contribution in [0.15, 0.2) is 18.2 Å². The quantitative estimate of drug-likeness (QED) is 0.814. The molecule has 1 N–H and O–H groups in total. The number of methoxy groups -OCH3 is 1. The normalized spacial score (nSPS) is 14.8. The lowest BCUT2D eigenvalue weighted by molar-refractivity contribution is -0.128. The Morgan fingerprint density at radius 2 is 2.04 bits per heavy atom. The zero-order valence-electron chi connectivity index (χ0n) is 13.7. The van der Waals surface area contributed by atoms with Crippen molar-refractivity contribution >= 4 is 41.2 Å². The fraction of sp³-hybridized carbons (Fsp3) is 0.375. The SMILES string of the molecule is COC(=O)NC(=O)[C@H](C)OC(=O)c1ccc(Cl)c(N2CCCC2=O)c1. The lowest BCUT2D eigenvalue weighted by Crippen LogP contribution is -2.39. The van der Waals surface area contributed by atoms with Gasteiger partial charge in [-0.2, -0.15) is 0 Å². The molecule has 0 aromatic heterocycles. The van der Waals surface area contributed by atoms with E-state index in [0.29, 0.717) is 30.1 Å². The second-order valence-corrected chi connectivity index (χ2v) is 5.75. The molecule has 0 spiro atoms. The van der Waals surface area contributed by atoms with E-state index in [1.807, 2.05) is 5.32 Å². The minimum atomic E-state index is -1.21. The molecule has 2 rings (SSSR count). The number of hydrogen-bond acceptors (Lipinski definition) is 6. The van der Waals surface area contributed by atoms with Gasteiger partial charge in [0, 0.05) is 13.0 Å². The largest absolute Gasteiger partial charge is 0.453 e. The molecule has 1 heterocycles. The van der Waals surface area contributed by atoms with Crippen LogP contribution < -0.4 is 10.2 Å². The number of halogens is 1. The van der Waals surface area contributed by atoms with Gasteiger partial charge in [0.2, 0.25) is 5.91 Å². The van der Waals surface area contributed by atoms with Gasteiger partial charge in [-0.1, -0.05) is 11.6 Å². The van der Waals surface area contributed by atoms with Crippen LogP contribution in [0.3, 0.4) is 0 Å². The van der Waals surface area contributed by atoms with Gasteiger partial charge in [0.1, 0.15) is 0 Å². The second-order valence-electron chi connectivity index (χ2n) is 5.34. The van der Waals surface area contributed by atoms with Gasteiger partial charge in [0.05, 0.1) is 23.4 Å². The molecule has 134 valence electrons. The number of rotatable bonds is 4. The third kappa shape index (κ3) is 4.48. The maximum Gasteiger partial charge on any atom is 0.413 e. The van der Waals surface area contributed by atoms with Gasteiger partial charge in [-0.15, -0.1) is 0 Å². The Balaban J connectivity index is 2.10. The smallest absolute Gasteiger partial charge is 0.413 e. The molecule has 25 heavy (non-hydrogen) atoms. The number of amides is 3. The summed E-state index contributed by atoms with van der Waals surface area (Å²) in [4.78, 5) is 48.3. The maximum absolute atomic E-state index is 12.2. The fourth-order valence-corrected chi connectivity index (χ4v) is 2.50. The number of esters is 1. The highest BCUT2D eigenvalue weighted by Gasteiger charge is 2.26. The van der Waals surface area contributed by atoms with Crippen LogP contribution in [0.5, 0.6) is 0 Å². The number of imide groups is 1. The van der Waals surface area contributed by atoms with Crippen molar-refractivity contribution in [1.29, 1.82) is 0 Å². The Morgan fingerprint density at radius 3 is 2.64 bits per heavy atom. The highest BCUT2D eigenvalue weighted by atomic mass is 35.5. The predicted octanol–water partition coefficient (Wildman–Crippen LogP) is 1.89. The summed E-state index contributed by atoms with van der Waals surface area (Å²) in [6.45, 7) is 1.84. The first-order valence-electron chi connectivity index (χ1n) is 7.53. The number of nitrogens with one attached hydrogen (secondary N) is 1. The van der Waals surface area contributed by atoms with E-state index in [1.165, 1.54) is 30.0 Å². The van der Waals surface area contributed by atoms with E-state index in [0.717, 1.165) is 7.11 Å². The van der Waals surface area contributed by atoms with Crippen molar-refractivity contribution in [3.8, 4) is 0 Å². The van der Waals surface area contributed by atoms with Gasteiger partial charge in [0.15, 0.2) is 6.10 Å². The first kappa shape index (κ1) is 18.7. The van der Waals surface area contributed by atoms with E-state index in [1.54, 1.807) is 0 Å². The number of benzene rings is 1. The summed E-state index contributed by atoms with van der Waals surface area (Å²) < 4.78 is 9.32. The third-order valence-corrected chi connectivity index (χ3v) is 3.93. The number of ether oxygens (including phenoxy) is 2. The van der Waals surface area contributed by atoms with Crippen molar-refractivity contribution in [3.05, 3.63) is 28.8 Å². The molecular formula is C16H17ClN2O6. The van der Waals surface area contributed by atoms with Gasteiger partial charge in [-0.3, -0.25) is 14.9 Å². The van der Waals surface area contributed by atoms with Crippen LogP contribution >= 0.6 is 11.6 Å². The average Bonchev–Trinajstić information content (AvgIpc) is 3.00. The molecule has 0 unspecified atom stereocenters. The molecule has 1 aromatic carbocycles. The molecule has 0 saturated carbocycles. The highest BCUT2D eigenvalue weighted by Crippen LogP contribution is 2.30. The van der Waals surface area contributed by atoms with Crippen LogP contribution in [-0.4, -0.2) is 43.6 Å². The molecule has 1 aliphatic heterocycles. The van der Waals surface area contributed by atoms with Gasteiger partial charge in [0.25, 0.3) is 5.91 Å². The third-order valence-electron chi connectivity index (χ3n) is 3.61. The summed E-state index contributed by atoms with van der Waals surface area (Å²) in [5, 5.41) is 2.24. The standard InChI is InChI=1S/C16H17ClN2O6/c1-9(14(21)18-16(23)24-2)25-15(22)10-5-6-11(17)12(8-10)19-7-3-4-13(19)20/h5-6,8-9H,3-4,7H2,1-2H3,(H,18,21,23)/t9-/m0/s1. The molecule has 0 radical (unpaired) electrons. The van der Waals surface area contributed by atoms with Gasteiger partial charge >= 0.3 is 12.1 Å². The maximum atomic E-state index is 12.2. The van der Waals surface area contributed by atoms with E-state index in [9.17, 15) is 19.2 Å². The molecule has 1 saturated heterocycles. The van der Waals surface area contributed by atoms with E-state index in [-0.39, 0.29) is 11.5 Å². The van der Waals surface area contributed by atoms with Crippen LogP contribution in [0.2, 0.25) is 5.02 Å². The van der Waals surface area contributed by atoms with Crippen LogP contribution in [0, 0.1) is 0 Å². The summed E-state index contributed by atoms with van der Waals surface area (Å²) in [5.74, 6) is -1.67. The summed E-state index contributed by atoms with van der Waals surface area (Å²) in [6.07, 6.45) is -1.02. The second kappa shape index (κ2) is 7.98. The lowest BCUT2D eigenvalue weighted by Gasteiger charge is -2.18. The number of hydrogen-bond donors (Lipinski definition) is 1. The average molecular weight is 369 g/mol. The summed E-state index contributed by atoms with van der Waals surface area (Å²) in [7, 11) is 1.11. The van der Waals surface area contributed by atoms with Crippen molar-refractivity contribution in [2.75, 3.05) is 18.6 Å². The first-order chi connectivity index (χ1) is 11.8. The number of nitrogens with zero attached hydrogens (tertiary/aromatic N) is 1. The monoisotopic (exact) mass is 368 g/mol. The van der Waals surface area contributed by atoms with Crippen LogP contribution in [0.1, 0.15) is 30.1 Å². The van der Waals surface area contributed by atoms with Crippen LogP contribution in [0.25, 0.3) is 0 Å². The van der Waals surface area contributed by atoms with Crippen molar-refractivity contribution in [1.82, 2.24) is 5.32 Å². The zero-order valence-corrected chi connectivity index (χ0v) is 14.5.